The molecule has 8 heavy (non-hydrogen) atoms. The predicted molar refractivity (Wildman–Crippen MR) is 37.4 cm³/mol. The molecule has 0 atom stereocenters. The van der Waals surface area contributed by atoms with Gasteiger partial charge in [-0.05, 0) is 13.0 Å². The van der Waals surface area contributed by atoms with E-state index in [9.17, 15) is 0 Å². The van der Waals surface area contributed by atoms with E-state index < -0.39 is 0 Å². The molecule has 0 aliphatic carbocycles. The van der Waals surface area contributed by atoms with Crippen LogP contribution in [0, 0.1) is 6.08 Å². The van der Waals surface area contributed by atoms with E-state index in [4.69, 9.17) is 0 Å². The molecule has 0 aliphatic rings. The first kappa shape index (κ1) is 7.13. The van der Waals surface area contributed by atoms with Gasteiger partial charge in [-0.3, -0.25) is 0 Å². The molecule has 0 N–H and O–H groups in total. The van der Waals surface area contributed by atoms with E-state index in [1.165, 1.54) is 0 Å². The van der Waals surface area contributed by atoms with Crippen molar-refractivity contribution in [1.29, 1.82) is 0 Å². The molecule has 0 heteroatoms. The van der Waals surface area contributed by atoms with E-state index in [-0.39, 0.29) is 0 Å². The lowest BCUT2D eigenvalue weighted by molar-refractivity contribution is 1.19. The largest absolute Gasteiger partial charge is 0.154 e. The molecule has 0 amide bonds. The Labute approximate surface area is 51.2 Å². The molecular formula is C8H11+. The zero-order valence-corrected chi connectivity index (χ0v) is 5.22. The third kappa shape index (κ3) is 5.13. The van der Waals surface area contributed by atoms with Crippen LogP contribution in [0.2, 0.25) is 0 Å². The number of hydrogen-bond donors (Lipinski definition) is 0. The molecule has 0 rings (SSSR count). The second-order valence-electron chi connectivity index (χ2n) is 1.34. The van der Waals surface area contributed by atoms with Crippen molar-refractivity contribution in [2.45, 2.75) is 13.3 Å². The van der Waals surface area contributed by atoms with Gasteiger partial charge in [0.05, 0.1) is 18.6 Å². The minimum atomic E-state index is 0.974. The molecule has 0 saturated heterocycles. The van der Waals surface area contributed by atoms with Gasteiger partial charge in [0.15, 0.2) is 6.08 Å². The van der Waals surface area contributed by atoms with Crippen molar-refractivity contribution in [3.63, 3.8) is 0 Å². The summed E-state index contributed by atoms with van der Waals surface area (Å²) in [5, 5.41) is 0. The van der Waals surface area contributed by atoms with Gasteiger partial charge in [0, 0.05) is 6.08 Å². The Morgan fingerprint density at radius 2 is 2.25 bits per heavy atom. The van der Waals surface area contributed by atoms with Crippen molar-refractivity contribution in [2.24, 2.45) is 0 Å². The molecule has 0 bridgehead atoms. The fourth-order valence-electron chi connectivity index (χ4n) is 0.320. The van der Waals surface area contributed by atoms with Crippen LogP contribution in [0.3, 0.4) is 0 Å². The zero-order valence-electron chi connectivity index (χ0n) is 5.22. The lowest BCUT2D eigenvalue weighted by atomic mass is 10.4. The summed E-state index contributed by atoms with van der Waals surface area (Å²) >= 11 is 0. The smallest absolute Gasteiger partial charge is 0.0973 e. The van der Waals surface area contributed by atoms with E-state index in [1.807, 2.05) is 18.2 Å². The molecule has 0 aromatic carbocycles. The van der Waals surface area contributed by atoms with E-state index in [2.05, 4.69) is 19.6 Å². The van der Waals surface area contributed by atoms with Crippen LogP contribution in [0.15, 0.2) is 30.9 Å². The number of rotatable bonds is 3. The molecule has 0 heterocycles. The van der Waals surface area contributed by atoms with E-state index >= 15 is 0 Å². The summed E-state index contributed by atoms with van der Waals surface area (Å²) in [5.41, 5.74) is 0. The van der Waals surface area contributed by atoms with Gasteiger partial charge < -0.3 is 0 Å². The van der Waals surface area contributed by atoms with Crippen LogP contribution >= 0.6 is 0 Å². The normalized spacial score (nSPS) is 10.1. The van der Waals surface area contributed by atoms with Gasteiger partial charge in [-0.1, -0.05) is 6.58 Å². The molecule has 42 valence electrons. The average molecular weight is 107 g/mol. The second kappa shape index (κ2) is 6.13. The maximum atomic E-state index is 3.52. The van der Waals surface area contributed by atoms with Crippen molar-refractivity contribution < 1.29 is 0 Å². The molecule has 0 spiro atoms. The Balaban J connectivity index is 3.26. The van der Waals surface area contributed by atoms with Crippen molar-refractivity contribution in [2.75, 3.05) is 0 Å². The van der Waals surface area contributed by atoms with Crippen LogP contribution in [-0.4, -0.2) is 0 Å². The standard InChI is InChI=1S/C8H11/c1-3-5-7-8-6-4-2/h3,5,7-8H,1,4H2,2H3/q+1. The summed E-state index contributed by atoms with van der Waals surface area (Å²) in [6, 6.07) is 0. The van der Waals surface area contributed by atoms with Crippen LogP contribution in [0.5, 0.6) is 0 Å². The SMILES string of the molecule is C=CC=CC=[C+]CC. The minimum Gasteiger partial charge on any atom is -0.0973 e. The summed E-state index contributed by atoms with van der Waals surface area (Å²) in [4.78, 5) is 0. The Hall–Kier alpha value is -0.870. The van der Waals surface area contributed by atoms with Crippen LogP contribution in [0.25, 0.3) is 0 Å². The summed E-state index contributed by atoms with van der Waals surface area (Å²) in [7, 11) is 0. The maximum Gasteiger partial charge on any atom is 0.154 e. The molecule has 0 radical (unpaired) electrons. The zero-order chi connectivity index (χ0) is 6.24. The van der Waals surface area contributed by atoms with Crippen molar-refractivity contribution in [3.05, 3.63) is 37.0 Å². The Kier molecular flexibility index (Phi) is 5.46. The lowest BCUT2D eigenvalue weighted by Crippen LogP contribution is -1.51. The summed E-state index contributed by atoms with van der Waals surface area (Å²) in [5.74, 6) is 0. The van der Waals surface area contributed by atoms with Crippen LogP contribution in [-0.2, 0) is 0 Å². The first-order valence-corrected chi connectivity index (χ1v) is 2.76. The minimum absolute atomic E-state index is 0.974. The molecule has 0 unspecified atom stereocenters. The second-order valence-corrected chi connectivity index (χ2v) is 1.34. The van der Waals surface area contributed by atoms with Gasteiger partial charge >= 0.3 is 0 Å². The molecule has 0 nitrogen and oxygen atoms in total. The highest BCUT2D eigenvalue weighted by molar-refractivity contribution is 5.06. The van der Waals surface area contributed by atoms with Gasteiger partial charge in [-0.2, -0.15) is 0 Å². The monoisotopic (exact) mass is 107 g/mol. The fraction of sp³-hybridized carbons (Fsp3) is 0.250. The highest BCUT2D eigenvalue weighted by Gasteiger charge is 1.72. The molecule has 0 saturated carbocycles. The van der Waals surface area contributed by atoms with Crippen molar-refractivity contribution >= 4 is 0 Å². The van der Waals surface area contributed by atoms with E-state index in [0.717, 1.165) is 6.42 Å². The van der Waals surface area contributed by atoms with Crippen LogP contribution in [0.4, 0.5) is 0 Å². The van der Waals surface area contributed by atoms with Crippen LogP contribution in [0.1, 0.15) is 13.3 Å². The van der Waals surface area contributed by atoms with Gasteiger partial charge in [-0.25, -0.2) is 0 Å². The van der Waals surface area contributed by atoms with E-state index in [0.29, 0.717) is 0 Å². The van der Waals surface area contributed by atoms with E-state index in [1.54, 1.807) is 6.08 Å². The van der Waals surface area contributed by atoms with Crippen molar-refractivity contribution in [1.82, 2.24) is 0 Å². The molecule has 0 aromatic rings. The third-order valence-electron chi connectivity index (χ3n) is 0.665. The molecule has 0 aliphatic heterocycles. The Morgan fingerprint density at radius 1 is 1.50 bits per heavy atom. The van der Waals surface area contributed by atoms with Gasteiger partial charge in [-0.15, -0.1) is 0 Å². The summed E-state index contributed by atoms with van der Waals surface area (Å²) < 4.78 is 0. The highest BCUT2D eigenvalue weighted by Crippen LogP contribution is 1.79. The first-order valence-electron chi connectivity index (χ1n) is 2.76. The third-order valence-corrected chi connectivity index (χ3v) is 0.665. The number of allylic oxidation sites excluding steroid dienone is 5. The Bertz CT molecular complexity index is 96.6. The number of hydrogen-bond acceptors (Lipinski definition) is 0. The van der Waals surface area contributed by atoms with Crippen LogP contribution < -0.4 is 0 Å². The predicted octanol–water partition coefficient (Wildman–Crippen LogP) is 2.50. The Morgan fingerprint density at radius 3 is 2.75 bits per heavy atom. The maximum absolute atomic E-state index is 3.52. The lowest BCUT2D eigenvalue weighted by Gasteiger charge is -1.58. The van der Waals surface area contributed by atoms with Gasteiger partial charge in [0.1, 0.15) is 0 Å². The van der Waals surface area contributed by atoms with Crippen molar-refractivity contribution in [3.8, 4) is 0 Å². The highest BCUT2D eigenvalue weighted by atomic mass is 13.7. The molecular weight excluding hydrogens is 96.1 g/mol. The summed E-state index contributed by atoms with van der Waals surface area (Å²) in [6.07, 6.45) is 11.4. The molecule has 0 aromatic heterocycles. The topological polar surface area (TPSA) is 0 Å². The molecule has 0 fully saturated rings. The first-order chi connectivity index (χ1) is 3.91. The van der Waals surface area contributed by atoms with Gasteiger partial charge in [0.25, 0.3) is 0 Å². The quantitative estimate of drug-likeness (QED) is 0.384. The fourth-order valence-corrected chi connectivity index (χ4v) is 0.320. The van der Waals surface area contributed by atoms with Gasteiger partial charge in [0.2, 0.25) is 0 Å². The summed E-state index contributed by atoms with van der Waals surface area (Å²) in [6.45, 7) is 5.58. The average Bonchev–Trinajstić information content (AvgIpc) is 1.81.